The number of carbonyl (C=O) groups excluding carboxylic acids is 1. The molecule has 0 radical (unpaired) electrons. The molecule has 0 bridgehead atoms. The van der Waals surface area contributed by atoms with Gasteiger partial charge in [-0.15, -0.1) is 0 Å². The number of ether oxygens (including phenoxy) is 1. The van der Waals surface area contributed by atoms with E-state index in [1.807, 2.05) is 6.07 Å². The molecular formula is C10H10Br2O2. The van der Waals surface area contributed by atoms with Gasteiger partial charge in [0.05, 0.1) is 17.5 Å². The van der Waals surface area contributed by atoms with Crippen LogP contribution in [0.5, 0.6) is 5.75 Å². The maximum absolute atomic E-state index is 11.7. The van der Waals surface area contributed by atoms with Crippen molar-refractivity contribution in [2.24, 2.45) is 0 Å². The van der Waals surface area contributed by atoms with Gasteiger partial charge in [-0.05, 0) is 25.1 Å². The van der Waals surface area contributed by atoms with Crippen molar-refractivity contribution in [3.05, 3.63) is 28.2 Å². The molecule has 14 heavy (non-hydrogen) atoms. The highest BCUT2D eigenvalue weighted by Gasteiger charge is 2.16. The fourth-order valence-corrected chi connectivity index (χ4v) is 1.69. The molecule has 0 heterocycles. The van der Waals surface area contributed by atoms with Crippen LogP contribution in [-0.4, -0.2) is 17.7 Å². The van der Waals surface area contributed by atoms with Gasteiger partial charge in [0.15, 0.2) is 5.78 Å². The molecule has 0 aliphatic heterocycles. The number of carbonyl (C=O) groups is 1. The first-order chi connectivity index (χ1) is 6.56. The summed E-state index contributed by atoms with van der Waals surface area (Å²) in [5.41, 5.74) is 0.589. The summed E-state index contributed by atoms with van der Waals surface area (Å²) in [7, 11) is 1.55. The SMILES string of the molecule is COc1ccc(Br)cc1C(=O)C(C)Br. The van der Waals surface area contributed by atoms with Gasteiger partial charge in [-0.1, -0.05) is 31.9 Å². The Morgan fingerprint density at radius 1 is 1.50 bits per heavy atom. The third-order valence-electron chi connectivity index (χ3n) is 1.79. The summed E-state index contributed by atoms with van der Waals surface area (Å²) in [4.78, 5) is 11.5. The molecule has 0 saturated heterocycles. The molecule has 0 aliphatic carbocycles. The number of ketones is 1. The number of methoxy groups -OCH3 is 1. The Morgan fingerprint density at radius 2 is 2.14 bits per heavy atom. The molecule has 0 aliphatic rings. The standard InChI is InChI=1S/C10H10Br2O2/c1-6(11)10(13)8-5-7(12)3-4-9(8)14-2/h3-6H,1-2H3. The minimum absolute atomic E-state index is 0.0168. The van der Waals surface area contributed by atoms with E-state index in [4.69, 9.17) is 4.74 Å². The van der Waals surface area contributed by atoms with Crippen LogP contribution in [0.4, 0.5) is 0 Å². The lowest BCUT2D eigenvalue weighted by Crippen LogP contribution is -2.11. The molecule has 1 aromatic carbocycles. The molecule has 76 valence electrons. The van der Waals surface area contributed by atoms with Crippen LogP contribution in [0.2, 0.25) is 0 Å². The minimum Gasteiger partial charge on any atom is -0.496 e. The summed E-state index contributed by atoms with van der Waals surface area (Å²) in [5, 5.41) is 0. The summed E-state index contributed by atoms with van der Waals surface area (Å²) in [6.45, 7) is 1.79. The Labute approximate surface area is 99.9 Å². The van der Waals surface area contributed by atoms with Crippen LogP contribution in [0.25, 0.3) is 0 Å². The summed E-state index contributed by atoms with van der Waals surface area (Å²) < 4.78 is 5.98. The summed E-state index contributed by atoms with van der Waals surface area (Å²) >= 11 is 6.56. The predicted octanol–water partition coefficient (Wildman–Crippen LogP) is 3.42. The molecule has 1 rings (SSSR count). The molecule has 0 saturated carbocycles. The molecule has 0 fully saturated rings. The number of Topliss-reactive ketones (excluding diaryl/α,β-unsaturated/α-hetero) is 1. The van der Waals surface area contributed by atoms with Crippen molar-refractivity contribution < 1.29 is 9.53 Å². The van der Waals surface area contributed by atoms with Crippen molar-refractivity contribution in [2.75, 3.05) is 7.11 Å². The summed E-state index contributed by atoms with van der Waals surface area (Å²) in [6.07, 6.45) is 0. The third kappa shape index (κ3) is 2.58. The topological polar surface area (TPSA) is 26.3 Å². The van der Waals surface area contributed by atoms with Gasteiger partial charge in [0.2, 0.25) is 0 Å². The first kappa shape index (κ1) is 11.7. The molecule has 1 aromatic rings. The van der Waals surface area contributed by atoms with E-state index in [2.05, 4.69) is 31.9 Å². The fourth-order valence-electron chi connectivity index (χ4n) is 1.09. The third-order valence-corrected chi connectivity index (χ3v) is 2.70. The number of hydrogen-bond donors (Lipinski definition) is 0. The average molecular weight is 322 g/mol. The monoisotopic (exact) mass is 320 g/mol. The molecule has 0 spiro atoms. The average Bonchev–Trinajstić information content (AvgIpc) is 2.16. The first-order valence-corrected chi connectivity index (χ1v) is 5.79. The Hall–Kier alpha value is -0.350. The van der Waals surface area contributed by atoms with Gasteiger partial charge in [-0.25, -0.2) is 0 Å². The van der Waals surface area contributed by atoms with E-state index in [1.165, 1.54) is 0 Å². The number of alkyl halides is 1. The van der Waals surface area contributed by atoms with E-state index in [-0.39, 0.29) is 10.6 Å². The highest BCUT2D eigenvalue weighted by atomic mass is 79.9. The molecule has 4 heteroatoms. The van der Waals surface area contributed by atoms with Gasteiger partial charge < -0.3 is 4.74 Å². The fraction of sp³-hybridized carbons (Fsp3) is 0.300. The lowest BCUT2D eigenvalue weighted by Gasteiger charge is -2.09. The number of rotatable bonds is 3. The first-order valence-electron chi connectivity index (χ1n) is 4.08. The van der Waals surface area contributed by atoms with E-state index in [0.717, 1.165) is 4.47 Å². The van der Waals surface area contributed by atoms with Gasteiger partial charge in [0.1, 0.15) is 5.75 Å². The van der Waals surface area contributed by atoms with Crippen LogP contribution in [0.3, 0.4) is 0 Å². The molecule has 1 atom stereocenters. The van der Waals surface area contributed by atoms with E-state index < -0.39 is 0 Å². The van der Waals surface area contributed by atoms with Crippen molar-refractivity contribution >= 4 is 37.6 Å². The minimum atomic E-state index is -0.203. The van der Waals surface area contributed by atoms with Gasteiger partial charge in [0.25, 0.3) is 0 Å². The van der Waals surface area contributed by atoms with Crippen molar-refractivity contribution in [2.45, 2.75) is 11.8 Å². The van der Waals surface area contributed by atoms with Gasteiger partial charge in [0, 0.05) is 4.47 Å². The van der Waals surface area contributed by atoms with E-state index in [0.29, 0.717) is 11.3 Å². The number of halogens is 2. The van der Waals surface area contributed by atoms with E-state index >= 15 is 0 Å². The molecule has 0 amide bonds. The number of benzene rings is 1. The second kappa shape index (κ2) is 4.94. The van der Waals surface area contributed by atoms with Gasteiger partial charge in [-0.2, -0.15) is 0 Å². The Bertz CT molecular complexity index is 348. The van der Waals surface area contributed by atoms with Crippen molar-refractivity contribution in [1.82, 2.24) is 0 Å². The van der Waals surface area contributed by atoms with Gasteiger partial charge >= 0.3 is 0 Å². The van der Waals surface area contributed by atoms with Crippen molar-refractivity contribution in [1.29, 1.82) is 0 Å². The largest absolute Gasteiger partial charge is 0.496 e. The lowest BCUT2D eigenvalue weighted by molar-refractivity contribution is 0.0993. The Morgan fingerprint density at radius 3 is 2.64 bits per heavy atom. The van der Waals surface area contributed by atoms with Crippen molar-refractivity contribution in [3.8, 4) is 5.75 Å². The maximum atomic E-state index is 11.7. The zero-order valence-electron chi connectivity index (χ0n) is 7.88. The van der Waals surface area contributed by atoms with Crippen LogP contribution >= 0.6 is 31.9 Å². The highest BCUT2D eigenvalue weighted by Crippen LogP contribution is 2.25. The Kier molecular flexibility index (Phi) is 4.13. The zero-order chi connectivity index (χ0) is 10.7. The van der Waals surface area contributed by atoms with Gasteiger partial charge in [-0.3, -0.25) is 4.79 Å². The normalized spacial score (nSPS) is 12.3. The van der Waals surface area contributed by atoms with Crippen molar-refractivity contribution in [3.63, 3.8) is 0 Å². The molecule has 0 aromatic heterocycles. The molecule has 1 unspecified atom stereocenters. The highest BCUT2D eigenvalue weighted by molar-refractivity contribution is 9.10. The molecule has 0 N–H and O–H groups in total. The van der Waals surface area contributed by atoms with Crippen LogP contribution in [0.15, 0.2) is 22.7 Å². The van der Waals surface area contributed by atoms with Crippen LogP contribution in [-0.2, 0) is 0 Å². The Balaban J connectivity index is 3.17. The zero-order valence-corrected chi connectivity index (χ0v) is 11.1. The predicted molar refractivity (Wildman–Crippen MR) is 63.4 cm³/mol. The number of hydrogen-bond acceptors (Lipinski definition) is 2. The maximum Gasteiger partial charge on any atom is 0.179 e. The van der Waals surface area contributed by atoms with Crippen LogP contribution < -0.4 is 4.74 Å². The lowest BCUT2D eigenvalue weighted by atomic mass is 10.1. The van der Waals surface area contributed by atoms with Crippen LogP contribution in [0, 0.1) is 0 Å². The summed E-state index contributed by atoms with van der Waals surface area (Å²) in [5.74, 6) is 0.618. The van der Waals surface area contributed by atoms with Crippen LogP contribution in [0.1, 0.15) is 17.3 Å². The smallest absolute Gasteiger partial charge is 0.179 e. The molecular weight excluding hydrogens is 312 g/mol. The second-order valence-corrected chi connectivity index (χ2v) is 5.11. The van der Waals surface area contributed by atoms with E-state index in [1.54, 1.807) is 26.2 Å². The molecule has 2 nitrogen and oxygen atoms in total. The quantitative estimate of drug-likeness (QED) is 0.630. The second-order valence-electron chi connectivity index (χ2n) is 2.82. The van der Waals surface area contributed by atoms with E-state index in [9.17, 15) is 4.79 Å². The summed E-state index contributed by atoms with van der Waals surface area (Å²) in [6, 6.07) is 5.38.